The summed E-state index contributed by atoms with van der Waals surface area (Å²) in [7, 11) is 1.05. The third-order valence-corrected chi connectivity index (χ3v) is 4.79. The normalized spacial score (nSPS) is 11.2. The van der Waals surface area contributed by atoms with Crippen molar-refractivity contribution < 1.29 is 17.9 Å². The van der Waals surface area contributed by atoms with Crippen molar-refractivity contribution in [1.82, 2.24) is 19.7 Å². The van der Waals surface area contributed by atoms with Crippen LogP contribution >= 0.6 is 0 Å². The molecule has 0 aliphatic rings. The van der Waals surface area contributed by atoms with E-state index in [0.29, 0.717) is 11.8 Å². The molecule has 0 spiro atoms. The Morgan fingerprint density at radius 3 is 2.42 bits per heavy atom. The van der Waals surface area contributed by atoms with Crippen LogP contribution in [-0.2, 0) is 21.2 Å². The number of esters is 1. The van der Waals surface area contributed by atoms with Gasteiger partial charge in [-0.1, -0.05) is 0 Å². The van der Waals surface area contributed by atoms with Crippen LogP contribution in [0.5, 0.6) is 0 Å². The summed E-state index contributed by atoms with van der Waals surface area (Å²) in [5.41, 5.74) is 5.90. The first kappa shape index (κ1) is 19.5. The number of methoxy groups -OCH3 is 1. The number of hydrogen-bond donors (Lipinski definition) is 2. The van der Waals surface area contributed by atoms with Crippen LogP contribution in [0.2, 0.25) is 0 Å². The number of ether oxygens (including phenoxy) is 1. The molecule has 0 amide bonds. The van der Waals surface area contributed by atoms with Crippen molar-refractivity contribution in [3.8, 4) is 0 Å². The van der Waals surface area contributed by atoms with Crippen LogP contribution in [0.15, 0.2) is 29.2 Å². The molecule has 2 rings (SSSR count). The first-order chi connectivity index (χ1) is 12.2. The van der Waals surface area contributed by atoms with Crippen molar-refractivity contribution in [2.24, 2.45) is 0 Å². The molecular weight excluding hydrogens is 360 g/mol. The highest BCUT2D eigenvalue weighted by Gasteiger charge is 2.15. The lowest BCUT2D eigenvalue weighted by molar-refractivity contribution is 0.0600. The Kier molecular flexibility index (Phi) is 6.05. The smallest absolute Gasteiger partial charge is 0.337 e. The van der Waals surface area contributed by atoms with E-state index in [-0.39, 0.29) is 29.4 Å². The Labute approximate surface area is 151 Å². The summed E-state index contributed by atoms with van der Waals surface area (Å²) >= 11 is 0. The first-order valence-corrected chi connectivity index (χ1v) is 9.07. The van der Waals surface area contributed by atoms with Gasteiger partial charge in [0.1, 0.15) is 5.82 Å². The quantitative estimate of drug-likeness (QED) is 0.626. The zero-order chi connectivity index (χ0) is 19.3. The van der Waals surface area contributed by atoms with Crippen LogP contribution in [0, 0.1) is 0 Å². The molecule has 26 heavy (non-hydrogen) atoms. The van der Waals surface area contributed by atoms with Gasteiger partial charge in [-0.3, -0.25) is 0 Å². The number of nitrogens with two attached hydrogens (primary N) is 1. The van der Waals surface area contributed by atoms with Gasteiger partial charge >= 0.3 is 5.97 Å². The van der Waals surface area contributed by atoms with Crippen molar-refractivity contribution >= 4 is 27.9 Å². The molecule has 0 unspecified atom stereocenters. The summed E-state index contributed by atoms with van der Waals surface area (Å²) in [4.78, 5) is 25.3. The predicted molar refractivity (Wildman–Crippen MR) is 95.2 cm³/mol. The zero-order valence-electron chi connectivity index (χ0n) is 14.6. The fourth-order valence-corrected chi connectivity index (χ4v) is 3.04. The minimum Gasteiger partial charge on any atom is -0.465 e. The Morgan fingerprint density at radius 2 is 1.85 bits per heavy atom. The molecule has 140 valence electrons. The summed E-state index contributed by atoms with van der Waals surface area (Å²) in [6.45, 7) is 0.0808. The molecule has 1 aromatic heterocycles. The highest BCUT2D eigenvalue weighted by atomic mass is 32.2. The van der Waals surface area contributed by atoms with Gasteiger partial charge in [0, 0.05) is 27.1 Å². The van der Waals surface area contributed by atoms with Gasteiger partial charge in [0.05, 0.1) is 17.6 Å². The van der Waals surface area contributed by atoms with Gasteiger partial charge in [-0.25, -0.2) is 17.9 Å². The van der Waals surface area contributed by atoms with Gasteiger partial charge < -0.3 is 15.4 Å². The van der Waals surface area contributed by atoms with E-state index < -0.39 is 16.0 Å². The van der Waals surface area contributed by atoms with Crippen molar-refractivity contribution in [1.29, 1.82) is 0 Å². The lowest BCUT2D eigenvalue weighted by atomic mass is 10.2. The molecule has 0 radical (unpaired) electrons. The van der Waals surface area contributed by atoms with Crippen LogP contribution in [0.3, 0.4) is 0 Å². The van der Waals surface area contributed by atoms with Crippen LogP contribution in [-0.4, -0.2) is 57.1 Å². The maximum atomic E-state index is 12.3. The van der Waals surface area contributed by atoms with E-state index in [0.717, 1.165) is 0 Å². The van der Waals surface area contributed by atoms with E-state index in [1.807, 2.05) is 0 Å². The van der Waals surface area contributed by atoms with Crippen LogP contribution in [0.25, 0.3) is 0 Å². The number of sulfonamides is 1. The molecule has 2 aromatic rings. The second-order valence-electron chi connectivity index (χ2n) is 5.47. The van der Waals surface area contributed by atoms with Gasteiger partial charge in [0.25, 0.3) is 0 Å². The fraction of sp³-hybridized carbons (Fsp3) is 0.333. The molecule has 0 aliphatic heterocycles. The van der Waals surface area contributed by atoms with Crippen LogP contribution in [0.4, 0.5) is 11.9 Å². The third-order valence-electron chi connectivity index (χ3n) is 3.31. The molecule has 0 saturated heterocycles. The molecule has 0 aliphatic carbocycles. The Balaban J connectivity index is 2.03. The van der Waals surface area contributed by atoms with Crippen molar-refractivity contribution in [2.75, 3.05) is 38.4 Å². The molecule has 1 heterocycles. The predicted octanol–water partition coefficient (Wildman–Crippen LogP) is -0.173. The van der Waals surface area contributed by atoms with E-state index in [9.17, 15) is 13.2 Å². The number of hydrogen-bond acceptors (Lipinski definition) is 9. The highest BCUT2D eigenvalue weighted by molar-refractivity contribution is 7.89. The molecule has 3 N–H and O–H groups in total. The van der Waals surface area contributed by atoms with Crippen molar-refractivity contribution in [3.05, 3.63) is 35.7 Å². The number of anilines is 2. The Bertz CT molecular complexity index is 884. The Hall–Kier alpha value is -2.79. The largest absolute Gasteiger partial charge is 0.465 e. The van der Waals surface area contributed by atoms with E-state index >= 15 is 0 Å². The van der Waals surface area contributed by atoms with E-state index in [1.165, 1.54) is 31.4 Å². The second-order valence-corrected chi connectivity index (χ2v) is 7.23. The summed E-state index contributed by atoms with van der Waals surface area (Å²) in [5.74, 6) is 0.310. The number of carbonyl (C=O) groups excluding carboxylic acids is 1. The van der Waals surface area contributed by atoms with Gasteiger partial charge in [-0.05, 0) is 24.3 Å². The molecule has 0 saturated carbocycles. The van der Waals surface area contributed by atoms with Crippen LogP contribution < -0.4 is 15.4 Å². The molecule has 0 atom stereocenters. The standard InChI is InChI=1S/C15H20N6O4S/c1-21(2)15-19-12(18-14(16)20-15)8-9-17-26(23,24)11-6-4-10(5-7-11)13(22)25-3/h4-7,17H,8-9H2,1-3H3,(H2,16,18,19,20). The minimum absolute atomic E-state index is 0.0364. The Morgan fingerprint density at radius 1 is 1.19 bits per heavy atom. The molecule has 0 bridgehead atoms. The summed E-state index contributed by atoms with van der Waals surface area (Å²) in [5, 5.41) is 0. The van der Waals surface area contributed by atoms with Crippen molar-refractivity contribution in [3.63, 3.8) is 0 Å². The number of rotatable bonds is 7. The van der Waals surface area contributed by atoms with Gasteiger partial charge in [0.15, 0.2) is 0 Å². The number of carbonyl (C=O) groups is 1. The second kappa shape index (κ2) is 8.06. The van der Waals surface area contributed by atoms with E-state index in [2.05, 4.69) is 24.4 Å². The summed E-state index contributed by atoms with van der Waals surface area (Å²) in [6.07, 6.45) is 0.243. The van der Waals surface area contributed by atoms with Gasteiger partial charge in [0.2, 0.25) is 21.9 Å². The van der Waals surface area contributed by atoms with E-state index in [1.54, 1.807) is 19.0 Å². The molecule has 10 nitrogen and oxygen atoms in total. The highest BCUT2D eigenvalue weighted by Crippen LogP contribution is 2.11. The number of benzene rings is 1. The molecule has 0 fully saturated rings. The number of nitrogen functional groups attached to an aromatic ring is 1. The maximum Gasteiger partial charge on any atom is 0.337 e. The third kappa shape index (κ3) is 4.86. The average molecular weight is 380 g/mol. The van der Waals surface area contributed by atoms with Crippen LogP contribution in [0.1, 0.15) is 16.2 Å². The van der Waals surface area contributed by atoms with Gasteiger partial charge in [-0.2, -0.15) is 15.0 Å². The lowest BCUT2D eigenvalue weighted by Crippen LogP contribution is -2.27. The average Bonchev–Trinajstić information content (AvgIpc) is 2.60. The summed E-state index contributed by atoms with van der Waals surface area (Å²) < 4.78 is 31.6. The van der Waals surface area contributed by atoms with E-state index in [4.69, 9.17) is 5.73 Å². The molecule has 11 heteroatoms. The monoisotopic (exact) mass is 380 g/mol. The summed E-state index contributed by atoms with van der Waals surface area (Å²) in [6, 6.07) is 5.44. The first-order valence-electron chi connectivity index (χ1n) is 7.58. The zero-order valence-corrected chi connectivity index (χ0v) is 15.4. The molecular formula is C15H20N6O4S. The van der Waals surface area contributed by atoms with Gasteiger partial charge in [-0.15, -0.1) is 0 Å². The number of aromatic nitrogens is 3. The number of nitrogens with zero attached hydrogens (tertiary/aromatic N) is 4. The molecule has 1 aromatic carbocycles. The SMILES string of the molecule is COC(=O)c1ccc(S(=O)(=O)NCCc2nc(N)nc(N(C)C)n2)cc1. The minimum atomic E-state index is -3.73. The number of nitrogens with one attached hydrogen (secondary N) is 1. The maximum absolute atomic E-state index is 12.3. The lowest BCUT2D eigenvalue weighted by Gasteiger charge is -2.11. The fourth-order valence-electron chi connectivity index (χ4n) is 2.01. The topological polar surface area (TPSA) is 140 Å². The van der Waals surface area contributed by atoms with Crippen molar-refractivity contribution in [2.45, 2.75) is 11.3 Å².